The number of piperazine rings is 1. The number of hydrogen-bond acceptors (Lipinski definition) is 10. The minimum absolute atomic E-state index is 0.0369. The van der Waals surface area contributed by atoms with Crippen LogP contribution >= 0.6 is 0 Å². The maximum absolute atomic E-state index is 13.1. The molecule has 0 saturated carbocycles. The van der Waals surface area contributed by atoms with Gasteiger partial charge in [-0.15, -0.1) is 0 Å². The monoisotopic (exact) mass is 468 g/mol. The molecule has 12 nitrogen and oxygen atoms in total. The number of nitro benzene ring substituents is 1. The number of pyridine rings is 1. The number of rotatable bonds is 7. The van der Waals surface area contributed by atoms with Crippen LogP contribution in [0.25, 0.3) is 11.4 Å². The largest absolute Gasteiger partial charge is 0.493 e. The molecular formula is C22H24N6O6. The van der Waals surface area contributed by atoms with E-state index >= 15 is 0 Å². The van der Waals surface area contributed by atoms with Crippen molar-refractivity contribution in [2.45, 2.75) is 13.3 Å². The zero-order valence-corrected chi connectivity index (χ0v) is 19.1. The van der Waals surface area contributed by atoms with Crippen molar-refractivity contribution in [2.24, 2.45) is 0 Å². The van der Waals surface area contributed by atoms with Gasteiger partial charge in [0.05, 0.1) is 25.2 Å². The fraction of sp³-hybridized carbons (Fsp3) is 0.364. The van der Waals surface area contributed by atoms with Crippen LogP contribution in [0.4, 0.5) is 11.5 Å². The summed E-state index contributed by atoms with van der Waals surface area (Å²) in [4.78, 5) is 36.5. The zero-order chi connectivity index (χ0) is 24.2. The van der Waals surface area contributed by atoms with E-state index in [4.69, 9.17) is 14.0 Å². The number of anilines is 1. The van der Waals surface area contributed by atoms with Crippen LogP contribution in [0.3, 0.4) is 0 Å². The number of nitrogens with zero attached hydrogens (tertiary/aromatic N) is 6. The van der Waals surface area contributed by atoms with E-state index in [0.29, 0.717) is 44.3 Å². The SMILES string of the molecule is CCc1nc(-c2ccc(N3CCN(C(=O)c4cc(OC)c(OC)cc4[N+](=O)[O-])CC3)nc2)no1. The number of aromatic nitrogens is 3. The van der Waals surface area contributed by atoms with Crippen molar-refractivity contribution < 1.29 is 23.7 Å². The van der Waals surface area contributed by atoms with E-state index in [1.165, 1.54) is 26.4 Å². The third-order valence-corrected chi connectivity index (χ3v) is 5.60. The molecule has 0 spiro atoms. The van der Waals surface area contributed by atoms with Gasteiger partial charge in [-0.25, -0.2) is 4.98 Å². The van der Waals surface area contributed by atoms with Gasteiger partial charge in [0.25, 0.3) is 11.6 Å². The highest BCUT2D eigenvalue weighted by Crippen LogP contribution is 2.35. The lowest BCUT2D eigenvalue weighted by Gasteiger charge is -2.35. The molecule has 3 aromatic rings. The van der Waals surface area contributed by atoms with Crippen molar-refractivity contribution in [2.75, 3.05) is 45.3 Å². The third kappa shape index (κ3) is 4.47. The number of carbonyl (C=O) groups excluding carboxylic acids is 1. The Morgan fingerprint density at radius 2 is 1.85 bits per heavy atom. The second-order valence-corrected chi connectivity index (χ2v) is 7.53. The van der Waals surface area contributed by atoms with Gasteiger partial charge in [-0.3, -0.25) is 14.9 Å². The van der Waals surface area contributed by atoms with E-state index in [-0.39, 0.29) is 22.7 Å². The van der Waals surface area contributed by atoms with Gasteiger partial charge in [-0.2, -0.15) is 4.98 Å². The van der Waals surface area contributed by atoms with Crippen LogP contribution < -0.4 is 14.4 Å². The number of benzene rings is 1. The van der Waals surface area contributed by atoms with Gasteiger partial charge in [0.1, 0.15) is 11.4 Å². The van der Waals surface area contributed by atoms with E-state index in [1.807, 2.05) is 24.0 Å². The molecule has 1 aliphatic rings. The van der Waals surface area contributed by atoms with E-state index in [9.17, 15) is 14.9 Å². The first-order valence-corrected chi connectivity index (χ1v) is 10.7. The smallest absolute Gasteiger partial charge is 0.286 e. The molecule has 0 bridgehead atoms. The van der Waals surface area contributed by atoms with Gasteiger partial charge in [0.15, 0.2) is 11.5 Å². The summed E-state index contributed by atoms with van der Waals surface area (Å²) in [5.74, 6) is 1.83. The molecule has 0 aliphatic carbocycles. The Labute approximate surface area is 195 Å². The Balaban J connectivity index is 1.45. The Kier molecular flexibility index (Phi) is 6.57. The van der Waals surface area contributed by atoms with E-state index in [2.05, 4.69) is 15.1 Å². The third-order valence-electron chi connectivity index (χ3n) is 5.60. The maximum Gasteiger partial charge on any atom is 0.286 e. The van der Waals surface area contributed by atoms with Crippen LogP contribution in [-0.4, -0.2) is 71.3 Å². The molecular weight excluding hydrogens is 444 g/mol. The fourth-order valence-electron chi connectivity index (χ4n) is 3.72. The van der Waals surface area contributed by atoms with Crippen LogP contribution in [-0.2, 0) is 6.42 Å². The highest BCUT2D eigenvalue weighted by Gasteiger charge is 2.30. The van der Waals surface area contributed by atoms with Crippen LogP contribution in [0, 0.1) is 10.1 Å². The first-order chi connectivity index (χ1) is 16.4. The first-order valence-electron chi connectivity index (χ1n) is 10.7. The minimum Gasteiger partial charge on any atom is -0.493 e. The Morgan fingerprint density at radius 3 is 2.41 bits per heavy atom. The molecule has 1 saturated heterocycles. The predicted octanol–water partition coefficient (Wildman–Crippen LogP) is 2.58. The van der Waals surface area contributed by atoms with Gasteiger partial charge in [-0.05, 0) is 12.1 Å². The molecule has 0 unspecified atom stereocenters. The summed E-state index contributed by atoms with van der Waals surface area (Å²) in [6.45, 7) is 3.77. The number of aryl methyl sites for hydroxylation is 1. The quantitative estimate of drug-likeness (QED) is 0.376. The number of ether oxygens (including phenoxy) is 2. The summed E-state index contributed by atoms with van der Waals surface area (Å²) in [5, 5.41) is 15.5. The number of methoxy groups -OCH3 is 2. The van der Waals surface area contributed by atoms with Crippen LogP contribution in [0.15, 0.2) is 35.0 Å². The average Bonchev–Trinajstić information content (AvgIpc) is 3.37. The van der Waals surface area contributed by atoms with Gasteiger partial charge in [0, 0.05) is 50.4 Å². The van der Waals surface area contributed by atoms with Crippen LogP contribution in [0.5, 0.6) is 11.5 Å². The molecule has 178 valence electrons. The van der Waals surface area contributed by atoms with Crippen molar-refractivity contribution in [3.8, 4) is 22.9 Å². The molecule has 0 atom stereocenters. The molecule has 1 amide bonds. The standard InChI is InChI=1S/C22H24N6O6/c1-4-20-24-21(25-34-20)14-5-6-19(23-13-14)26-7-9-27(10-8-26)22(29)15-11-17(32-2)18(33-3)12-16(15)28(30)31/h5-6,11-13H,4,7-10H2,1-3H3. The maximum atomic E-state index is 13.1. The molecule has 4 rings (SSSR count). The summed E-state index contributed by atoms with van der Waals surface area (Å²) in [5.41, 5.74) is 0.391. The fourth-order valence-corrected chi connectivity index (χ4v) is 3.72. The van der Waals surface area contributed by atoms with Crippen molar-refractivity contribution in [1.29, 1.82) is 0 Å². The number of hydrogen-bond donors (Lipinski definition) is 0. The Bertz CT molecular complexity index is 1190. The molecule has 1 aromatic carbocycles. The lowest BCUT2D eigenvalue weighted by atomic mass is 10.1. The van der Waals surface area contributed by atoms with Crippen molar-refractivity contribution in [1.82, 2.24) is 20.0 Å². The average molecular weight is 468 g/mol. The zero-order valence-electron chi connectivity index (χ0n) is 19.1. The van der Waals surface area contributed by atoms with Gasteiger partial charge in [0.2, 0.25) is 11.7 Å². The summed E-state index contributed by atoms with van der Waals surface area (Å²) < 4.78 is 15.5. The van der Waals surface area contributed by atoms with E-state index < -0.39 is 10.8 Å². The van der Waals surface area contributed by atoms with Gasteiger partial charge in [-0.1, -0.05) is 12.1 Å². The lowest BCUT2D eigenvalue weighted by molar-refractivity contribution is -0.385. The number of amides is 1. The normalized spacial score (nSPS) is 13.6. The van der Waals surface area contributed by atoms with Crippen LogP contribution in [0.1, 0.15) is 23.2 Å². The Hall–Kier alpha value is -4.22. The lowest BCUT2D eigenvalue weighted by Crippen LogP contribution is -2.49. The van der Waals surface area contributed by atoms with Gasteiger partial charge >= 0.3 is 0 Å². The van der Waals surface area contributed by atoms with Crippen molar-refractivity contribution >= 4 is 17.4 Å². The summed E-state index contributed by atoms with van der Waals surface area (Å²) in [7, 11) is 2.80. The second-order valence-electron chi connectivity index (χ2n) is 7.53. The molecule has 1 fully saturated rings. The predicted molar refractivity (Wildman–Crippen MR) is 121 cm³/mol. The van der Waals surface area contributed by atoms with Crippen molar-refractivity contribution in [3.05, 3.63) is 52.0 Å². The topological polar surface area (TPSA) is 137 Å². The second kappa shape index (κ2) is 9.73. The highest BCUT2D eigenvalue weighted by atomic mass is 16.6. The molecule has 12 heteroatoms. The molecule has 0 radical (unpaired) electrons. The first kappa shape index (κ1) is 23.0. The molecule has 2 aromatic heterocycles. The molecule has 34 heavy (non-hydrogen) atoms. The summed E-state index contributed by atoms with van der Waals surface area (Å²) >= 11 is 0. The van der Waals surface area contributed by atoms with E-state index in [1.54, 1.807) is 11.1 Å². The van der Waals surface area contributed by atoms with Crippen LogP contribution in [0.2, 0.25) is 0 Å². The number of nitro groups is 1. The van der Waals surface area contributed by atoms with Crippen molar-refractivity contribution in [3.63, 3.8) is 0 Å². The molecule has 3 heterocycles. The van der Waals surface area contributed by atoms with E-state index in [0.717, 1.165) is 11.4 Å². The molecule has 1 aliphatic heterocycles. The molecule has 0 N–H and O–H groups in total. The van der Waals surface area contributed by atoms with Gasteiger partial charge < -0.3 is 23.8 Å². The number of carbonyl (C=O) groups is 1. The summed E-state index contributed by atoms with van der Waals surface area (Å²) in [6, 6.07) is 6.31. The highest BCUT2D eigenvalue weighted by molar-refractivity contribution is 5.99. The Morgan fingerprint density at radius 1 is 1.15 bits per heavy atom. The minimum atomic E-state index is -0.593. The summed E-state index contributed by atoms with van der Waals surface area (Å²) in [6.07, 6.45) is 2.35.